The lowest BCUT2D eigenvalue weighted by atomic mass is 9.87. The van der Waals surface area contributed by atoms with Crippen LogP contribution in [0, 0.1) is 22.0 Å². The van der Waals surface area contributed by atoms with E-state index in [0.29, 0.717) is 23.9 Å². The molecule has 0 amide bonds. The van der Waals surface area contributed by atoms with Crippen molar-refractivity contribution in [3.05, 3.63) is 28.3 Å². The quantitative estimate of drug-likeness (QED) is 0.663. The number of aromatic amines is 1. The summed E-state index contributed by atoms with van der Waals surface area (Å²) >= 11 is 0. The molecular formula is C14H19N5O2. The number of fused-ring (bicyclic) bond motifs is 1. The summed E-state index contributed by atoms with van der Waals surface area (Å²) in [6.45, 7) is 4.71. The van der Waals surface area contributed by atoms with Gasteiger partial charge in [-0.05, 0) is 30.9 Å². The first-order chi connectivity index (χ1) is 10.1. The van der Waals surface area contributed by atoms with Crippen LogP contribution in [0.25, 0.3) is 11.0 Å². The first kappa shape index (κ1) is 13.8. The Kier molecular flexibility index (Phi) is 3.50. The number of rotatable bonds is 3. The molecule has 0 bridgehead atoms. The van der Waals surface area contributed by atoms with Gasteiger partial charge in [0.1, 0.15) is 0 Å². The van der Waals surface area contributed by atoms with Crippen molar-refractivity contribution in [1.29, 1.82) is 0 Å². The fourth-order valence-electron chi connectivity index (χ4n) is 2.90. The molecule has 7 nitrogen and oxygen atoms in total. The van der Waals surface area contributed by atoms with Crippen molar-refractivity contribution in [3.8, 4) is 0 Å². The van der Waals surface area contributed by atoms with E-state index < -0.39 is 4.92 Å². The molecule has 1 aromatic heterocycles. The Labute approximate surface area is 122 Å². The summed E-state index contributed by atoms with van der Waals surface area (Å²) in [5, 5.41) is 10.8. The molecular weight excluding hydrogens is 270 g/mol. The molecule has 1 aliphatic heterocycles. The summed E-state index contributed by atoms with van der Waals surface area (Å²) in [5.41, 5.74) is 7.35. The maximum Gasteiger partial charge on any atom is 0.271 e. The van der Waals surface area contributed by atoms with E-state index in [2.05, 4.69) is 21.8 Å². The average Bonchev–Trinajstić information content (AvgIpc) is 2.90. The van der Waals surface area contributed by atoms with Gasteiger partial charge < -0.3 is 15.6 Å². The molecule has 1 aliphatic rings. The SMILES string of the molecule is CC1CCN(c2nc3ccc([N+](=O)[O-])cc3[nH]2)CC1CN. The number of nitrogens with one attached hydrogen (secondary N) is 1. The van der Waals surface area contributed by atoms with Gasteiger partial charge in [-0.2, -0.15) is 0 Å². The van der Waals surface area contributed by atoms with Crippen LogP contribution in [-0.2, 0) is 0 Å². The van der Waals surface area contributed by atoms with Gasteiger partial charge in [0.15, 0.2) is 0 Å². The van der Waals surface area contributed by atoms with Crippen LogP contribution in [0.5, 0.6) is 0 Å². The van der Waals surface area contributed by atoms with Crippen LogP contribution in [-0.4, -0.2) is 34.5 Å². The second kappa shape index (κ2) is 5.33. The average molecular weight is 289 g/mol. The minimum Gasteiger partial charge on any atom is -0.342 e. The highest BCUT2D eigenvalue weighted by molar-refractivity contribution is 5.80. The molecule has 1 saturated heterocycles. The highest BCUT2D eigenvalue weighted by Crippen LogP contribution is 2.27. The van der Waals surface area contributed by atoms with Gasteiger partial charge in [-0.25, -0.2) is 4.98 Å². The van der Waals surface area contributed by atoms with Gasteiger partial charge in [-0.3, -0.25) is 10.1 Å². The highest BCUT2D eigenvalue weighted by atomic mass is 16.6. The predicted octanol–water partition coefficient (Wildman–Crippen LogP) is 1.89. The third-order valence-corrected chi connectivity index (χ3v) is 4.38. The van der Waals surface area contributed by atoms with Crippen LogP contribution in [0.3, 0.4) is 0 Å². The molecule has 21 heavy (non-hydrogen) atoms. The van der Waals surface area contributed by atoms with Crippen molar-refractivity contribution in [2.75, 3.05) is 24.5 Å². The zero-order valence-electron chi connectivity index (χ0n) is 12.0. The number of imidazole rings is 1. The number of H-pyrrole nitrogens is 1. The predicted molar refractivity (Wildman–Crippen MR) is 81.3 cm³/mol. The van der Waals surface area contributed by atoms with E-state index in [1.807, 2.05) is 0 Å². The number of hydrogen-bond acceptors (Lipinski definition) is 5. The Morgan fingerprint density at radius 2 is 2.38 bits per heavy atom. The minimum absolute atomic E-state index is 0.0739. The molecule has 2 unspecified atom stereocenters. The molecule has 1 aromatic carbocycles. The fraction of sp³-hybridized carbons (Fsp3) is 0.500. The van der Waals surface area contributed by atoms with E-state index in [-0.39, 0.29) is 5.69 Å². The first-order valence-electron chi connectivity index (χ1n) is 7.17. The number of nitrogens with zero attached hydrogens (tertiary/aromatic N) is 3. The number of non-ortho nitro benzene ring substituents is 1. The number of nitrogens with two attached hydrogens (primary N) is 1. The summed E-state index contributed by atoms with van der Waals surface area (Å²) in [6, 6.07) is 4.69. The first-order valence-corrected chi connectivity index (χ1v) is 7.17. The number of benzene rings is 1. The van der Waals surface area contributed by atoms with Gasteiger partial charge >= 0.3 is 0 Å². The molecule has 0 saturated carbocycles. The number of hydrogen-bond donors (Lipinski definition) is 2. The molecule has 3 N–H and O–H groups in total. The van der Waals surface area contributed by atoms with Crippen molar-refractivity contribution in [1.82, 2.24) is 9.97 Å². The third kappa shape index (κ3) is 2.56. The molecule has 0 aliphatic carbocycles. The molecule has 0 spiro atoms. The van der Waals surface area contributed by atoms with Crippen molar-refractivity contribution in [2.24, 2.45) is 17.6 Å². The molecule has 112 valence electrons. The van der Waals surface area contributed by atoms with Gasteiger partial charge in [0.25, 0.3) is 5.69 Å². The van der Waals surface area contributed by atoms with Crippen molar-refractivity contribution in [2.45, 2.75) is 13.3 Å². The fourth-order valence-corrected chi connectivity index (χ4v) is 2.90. The lowest BCUT2D eigenvalue weighted by Crippen LogP contribution is -2.43. The zero-order chi connectivity index (χ0) is 15.0. The third-order valence-electron chi connectivity index (χ3n) is 4.38. The van der Waals surface area contributed by atoms with E-state index >= 15 is 0 Å². The number of aromatic nitrogens is 2. The largest absolute Gasteiger partial charge is 0.342 e. The van der Waals surface area contributed by atoms with Crippen molar-refractivity contribution < 1.29 is 4.92 Å². The van der Waals surface area contributed by atoms with Gasteiger partial charge in [0.2, 0.25) is 5.95 Å². The minimum atomic E-state index is -0.396. The van der Waals surface area contributed by atoms with Gasteiger partial charge in [0.05, 0.1) is 16.0 Å². The Bertz CT molecular complexity index is 668. The van der Waals surface area contributed by atoms with Crippen LogP contribution in [0.2, 0.25) is 0 Å². The lowest BCUT2D eigenvalue weighted by molar-refractivity contribution is -0.384. The second-order valence-corrected chi connectivity index (χ2v) is 5.73. The number of anilines is 1. The Morgan fingerprint density at radius 1 is 1.57 bits per heavy atom. The Balaban J connectivity index is 1.89. The van der Waals surface area contributed by atoms with E-state index in [4.69, 9.17) is 5.73 Å². The molecule has 7 heteroatoms. The molecule has 0 radical (unpaired) electrons. The van der Waals surface area contributed by atoms with Gasteiger partial charge in [-0.15, -0.1) is 0 Å². The van der Waals surface area contributed by atoms with Crippen LogP contribution in [0.4, 0.5) is 11.6 Å². The summed E-state index contributed by atoms with van der Waals surface area (Å²) in [7, 11) is 0. The Morgan fingerprint density at radius 3 is 3.10 bits per heavy atom. The van der Waals surface area contributed by atoms with E-state index in [1.54, 1.807) is 6.07 Å². The van der Waals surface area contributed by atoms with Gasteiger partial charge in [-0.1, -0.05) is 6.92 Å². The number of nitro benzene ring substituents is 1. The lowest BCUT2D eigenvalue weighted by Gasteiger charge is -2.36. The van der Waals surface area contributed by atoms with E-state index in [9.17, 15) is 10.1 Å². The maximum atomic E-state index is 10.8. The normalized spacial score (nSPS) is 22.7. The van der Waals surface area contributed by atoms with Crippen LogP contribution in [0.15, 0.2) is 18.2 Å². The summed E-state index contributed by atoms with van der Waals surface area (Å²) in [6.07, 6.45) is 1.08. The van der Waals surface area contributed by atoms with Crippen LogP contribution >= 0.6 is 0 Å². The second-order valence-electron chi connectivity index (χ2n) is 5.73. The monoisotopic (exact) mass is 289 g/mol. The standard InChI is InChI=1S/C14H19N5O2/c1-9-4-5-18(8-10(9)7-15)14-16-12-3-2-11(19(20)21)6-13(12)17-14/h2-3,6,9-10H,4-5,7-8,15H2,1H3,(H,16,17). The zero-order valence-corrected chi connectivity index (χ0v) is 12.0. The summed E-state index contributed by atoms with van der Waals surface area (Å²) in [4.78, 5) is 20.3. The number of nitro groups is 1. The molecule has 1 fully saturated rings. The topological polar surface area (TPSA) is 101 Å². The summed E-state index contributed by atoms with van der Waals surface area (Å²) in [5.74, 6) is 1.86. The molecule has 2 heterocycles. The molecule has 3 rings (SSSR count). The van der Waals surface area contributed by atoms with Crippen LogP contribution < -0.4 is 10.6 Å². The van der Waals surface area contributed by atoms with Crippen molar-refractivity contribution >= 4 is 22.7 Å². The van der Waals surface area contributed by atoms with Crippen molar-refractivity contribution in [3.63, 3.8) is 0 Å². The van der Waals surface area contributed by atoms with E-state index in [1.165, 1.54) is 12.1 Å². The maximum absolute atomic E-state index is 10.8. The highest BCUT2D eigenvalue weighted by Gasteiger charge is 2.26. The van der Waals surface area contributed by atoms with Gasteiger partial charge in [0, 0.05) is 25.2 Å². The Hall–Kier alpha value is -2.15. The molecule has 2 atom stereocenters. The van der Waals surface area contributed by atoms with E-state index in [0.717, 1.165) is 31.0 Å². The summed E-state index contributed by atoms with van der Waals surface area (Å²) < 4.78 is 0. The smallest absolute Gasteiger partial charge is 0.271 e. The van der Waals surface area contributed by atoms with Crippen LogP contribution in [0.1, 0.15) is 13.3 Å². The number of piperidine rings is 1. The molecule has 2 aromatic rings.